The minimum absolute atomic E-state index is 0.193. The molecule has 0 aliphatic carbocycles. The molecule has 5 heteroatoms. The van der Waals surface area contributed by atoms with Crippen LogP contribution in [0.2, 0.25) is 0 Å². The second-order valence-electron chi connectivity index (χ2n) is 3.15. The number of hydrogen-bond donors (Lipinski definition) is 1. The van der Waals surface area contributed by atoms with Gasteiger partial charge < -0.3 is 10.3 Å². The van der Waals surface area contributed by atoms with Gasteiger partial charge in [-0.05, 0) is 12.1 Å². The van der Waals surface area contributed by atoms with Gasteiger partial charge in [0.05, 0.1) is 5.56 Å². The molecule has 14 heavy (non-hydrogen) atoms. The summed E-state index contributed by atoms with van der Waals surface area (Å²) in [6, 6.07) is 3.60. The topological polar surface area (TPSA) is 57.6 Å². The minimum atomic E-state index is -0.193. The Labute approximate surface area is 81.4 Å². The van der Waals surface area contributed by atoms with E-state index >= 15 is 0 Å². The van der Waals surface area contributed by atoms with Gasteiger partial charge in [-0.1, -0.05) is 0 Å². The first kappa shape index (κ1) is 8.68. The van der Waals surface area contributed by atoms with Gasteiger partial charge in [-0.2, -0.15) is 5.10 Å². The third-order valence-corrected chi connectivity index (χ3v) is 1.81. The van der Waals surface area contributed by atoms with Crippen molar-refractivity contribution in [3.05, 3.63) is 29.6 Å². The van der Waals surface area contributed by atoms with Crippen molar-refractivity contribution in [2.24, 2.45) is 5.10 Å². The Morgan fingerprint density at radius 1 is 1.50 bits per heavy atom. The molecule has 1 aliphatic heterocycles. The largest absolute Gasteiger partial charge is 0.303 e. The van der Waals surface area contributed by atoms with Gasteiger partial charge in [0.2, 0.25) is 0 Å². The van der Waals surface area contributed by atoms with Crippen molar-refractivity contribution in [2.45, 2.75) is 0 Å². The number of hydrazone groups is 1. The van der Waals surface area contributed by atoms with E-state index in [1.165, 1.54) is 0 Å². The molecule has 0 spiro atoms. The maximum Gasteiger partial charge on any atom is 0.276 e. The Morgan fingerprint density at radius 3 is 3.00 bits per heavy atom. The summed E-state index contributed by atoms with van der Waals surface area (Å²) in [6.45, 7) is 0. The molecule has 0 unspecified atom stereocenters. The quantitative estimate of drug-likeness (QED) is 0.636. The lowest BCUT2D eigenvalue weighted by molar-refractivity contribution is 0.0978. The molecule has 2 heterocycles. The van der Waals surface area contributed by atoms with E-state index in [4.69, 9.17) is 0 Å². The van der Waals surface area contributed by atoms with Crippen LogP contribution in [-0.2, 0) is 0 Å². The van der Waals surface area contributed by atoms with E-state index in [2.05, 4.69) is 15.4 Å². The van der Waals surface area contributed by atoms with Gasteiger partial charge in [0.1, 0.15) is 5.69 Å². The van der Waals surface area contributed by atoms with E-state index < -0.39 is 0 Å². The second kappa shape index (κ2) is 3.10. The van der Waals surface area contributed by atoms with Crippen molar-refractivity contribution in [1.82, 2.24) is 15.3 Å². The number of pyridine rings is 1. The Bertz CT molecular complexity index is 411. The Hall–Kier alpha value is -1.91. The van der Waals surface area contributed by atoms with Gasteiger partial charge in [-0.15, -0.1) is 0 Å². The fourth-order valence-corrected chi connectivity index (χ4v) is 1.29. The summed E-state index contributed by atoms with van der Waals surface area (Å²) in [5.41, 5.74) is 1.19. The van der Waals surface area contributed by atoms with Crippen LogP contribution in [0.5, 0.6) is 0 Å². The highest BCUT2D eigenvalue weighted by atomic mass is 16.2. The molecule has 0 radical (unpaired) electrons. The Kier molecular flexibility index (Phi) is 1.92. The van der Waals surface area contributed by atoms with Crippen LogP contribution in [-0.4, -0.2) is 35.8 Å². The maximum atomic E-state index is 11.4. The highest BCUT2D eigenvalue weighted by Crippen LogP contribution is 2.12. The van der Waals surface area contributed by atoms with Gasteiger partial charge in [0.25, 0.3) is 5.91 Å². The van der Waals surface area contributed by atoms with Crippen LogP contribution in [0.1, 0.15) is 16.1 Å². The molecule has 1 aliphatic rings. The molecule has 2 rings (SSSR count). The van der Waals surface area contributed by atoms with Crippen LogP contribution in [0.3, 0.4) is 0 Å². The van der Waals surface area contributed by atoms with E-state index in [-0.39, 0.29) is 5.91 Å². The number of carbonyl (C=O) groups is 1. The summed E-state index contributed by atoms with van der Waals surface area (Å²) >= 11 is 0. The normalized spacial score (nSPS) is 16.7. The zero-order valence-corrected chi connectivity index (χ0v) is 7.98. The fourth-order valence-electron chi connectivity index (χ4n) is 1.29. The zero-order valence-electron chi connectivity index (χ0n) is 7.98. The molecule has 0 atom stereocenters. The van der Waals surface area contributed by atoms with Crippen molar-refractivity contribution < 1.29 is 4.79 Å². The van der Waals surface area contributed by atoms with Gasteiger partial charge in [-0.3, -0.25) is 9.78 Å². The SMILES string of the molecule is CN(C)/N=C1/NC(=O)c2ncccc21. The molecule has 1 amide bonds. The summed E-state index contributed by atoms with van der Waals surface area (Å²) in [7, 11) is 3.60. The van der Waals surface area contributed by atoms with Crippen LogP contribution in [0.25, 0.3) is 0 Å². The maximum absolute atomic E-state index is 11.4. The number of amides is 1. The summed E-state index contributed by atoms with van der Waals surface area (Å²) < 4.78 is 0. The van der Waals surface area contributed by atoms with Crippen molar-refractivity contribution in [3.63, 3.8) is 0 Å². The summed E-state index contributed by atoms with van der Waals surface area (Å²) in [5.74, 6) is 0.365. The van der Waals surface area contributed by atoms with Gasteiger partial charge in [0, 0.05) is 20.3 Å². The van der Waals surface area contributed by atoms with E-state index in [0.29, 0.717) is 11.5 Å². The zero-order chi connectivity index (χ0) is 10.1. The second-order valence-corrected chi connectivity index (χ2v) is 3.15. The number of nitrogens with zero attached hydrogens (tertiary/aromatic N) is 3. The Morgan fingerprint density at radius 2 is 2.29 bits per heavy atom. The molecular formula is C9H10N4O. The number of hydrogen-bond acceptors (Lipinski definition) is 4. The first-order chi connectivity index (χ1) is 6.68. The van der Waals surface area contributed by atoms with Gasteiger partial charge in [0.15, 0.2) is 5.84 Å². The lowest BCUT2D eigenvalue weighted by Crippen LogP contribution is -2.24. The van der Waals surface area contributed by atoms with Crippen LogP contribution < -0.4 is 5.32 Å². The minimum Gasteiger partial charge on any atom is -0.303 e. The Balaban J connectivity index is 2.49. The first-order valence-corrected chi connectivity index (χ1v) is 4.21. The number of amidine groups is 1. The van der Waals surface area contributed by atoms with Crippen LogP contribution >= 0.6 is 0 Å². The molecule has 1 aromatic heterocycles. The van der Waals surface area contributed by atoms with Crippen LogP contribution in [0, 0.1) is 0 Å². The van der Waals surface area contributed by atoms with E-state index in [9.17, 15) is 4.79 Å². The summed E-state index contributed by atoms with van der Waals surface area (Å²) in [5, 5.41) is 8.44. The molecule has 5 nitrogen and oxygen atoms in total. The van der Waals surface area contributed by atoms with Crippen LogP contribution in [0.15, 0.2) is 23.4 Å². The number of nitrogens with one attached hydrogen (secondary N) is 1. The summed E-state index contributed by atoms with van der Waals surface area (Å²) in [4.78, 5) is 15.4. The molecule has 72 valence electrons. The molecular weight excluding hydrogens is 180 g/mol. The van der Waals surface area contributed by atoms with Crippen molar-refractivity contribution in [1.29, 1.82) is 0 Å². The monoisotopic (exact) mass is 190 g/mol. The number of aromatic nitrogens is 1. The number of fused-ring (bicyclic) bond motifs is 1. The van der Waals surface area contributed by atoms with Crippen molar-refractivity contribution in [3.8, 4) is 0 Å². The van der Waals surface area contributed by atoms with E-state index in [1.54, 1.807) is 31.4 Å². The van der Waals surface area contributed by atoms with Crippen molar-refractivity contribution in [2.75, 3.05) is 14.1 Å². The standard InChI is InChI=1S/C9H10N4O/c1-13(2)12-8-6-4-3-5-10-7(6)9(14)11-8/h3-5H,1-2H3,(H,11,12,14). The molecule has 1 N–H and O–H groups in total. The molecule has 1 aromatic rings. The van der Waals surface area contributed by atoms with E-state index in [0.717, 1.165) is 5.56 Å². The molecule has 0 fully saturated rings. The third kappa shape index (κ3) is 1.32. The highest BCUT2D eigenvalue weighted by Gasteiger charge is 2.26. The lowest BCUT2D eigenvalue weighted by atomic mass is 10.2. The average Bonchev–Trinajstić information content (AvgIpc) is 2.44. The van der Waals surface area contributed by atoms with E-state index in [1.807, 2.05) is 6.07 Å². The first-order valence-electron chi connectivity index (χ1n) is 4.21. The lowest BCUT2D eigenvalue weighted by Gasteiger charge is -2.05. The fraction of sp³-hybridized carbons (Fsp3) is 0.222. The molecule has 0 saturated carbocycles. The van der Waals surface area contributed by atoms with Gasteiger partial charge >= 0.3 is 0 Å². The molecule has 0 saturated heterocycles. The van der Waals surface area contributed by atoms with Crippen molar-refractivity contribution >= 4 is 11.7 Å². The summed E-state index contributed by atoms with van der Waals surface area (Å²) in [6.07, 6.45) is 1.59. The third-order valence-electron chi connectivity index (χ3n) is 1.81. The predicted molar refractivity (Wildman–Crippen MR) is 51.9 cm³/mol. The number of carbonyl (C=O) groups excluding carboxylic acids is 1. The van der Waals surface area contributed by atoms with Crippen LogP contribution in [0.4, 0.5) is 0 Å². The van der Waals surface area contributed by atoms with Gasteiger partial charge in [-0.25, -0.2) is 0 Å². The number of rotatable bonds is 1. The highest BCUT2D eigenvalue weighted by molar-refractivity contribution is 6.22. The average molecular weight is 190 g/mol. The molecule has 0 bridgehead atoms. The predicted octanol–water partition coefficient (Wildman–Crippen LogP) is 0.0482. The smallest absolute Gasteiger partial charge is 0.276 e. The molecule has 0 aromatic carbocycles.